The number of methoxy groups -OCH3 is 1. The van der Waals surface area contributed by atoms with Crippen LogP contribution in [0.4, 0.5) is 0 Å². The first-order valence-electron chi connectivity index (χ1n) is 9.95. The lowest BCUT2D eigenvalue weighted by Gasteiger charge is -2.32. The van der Waals surface area contributed by atoms with Gasteiger partial charge in [0.15, 0.2) is 11.0 Å². The second-order valence-electron chi connectivity index (χ2n) is 7.42. The SMILES string of the molecule is COc1cc(Br)c(OCCOC2CC(C(=O)O)C2)cc1-c1cc(=O)c2cccc(Cl)c2o1. The second kappa shape index (κ2) is 9.52. The van der Waals surface area contributed by atoms with E-state index in [1.54, 1.807) is 30.3 Å². The molecule has 0 spiro atoms. The van der Waals surface area contributed by atoms with Crippen molar-refractivity contribution < 1.29 is 28.5 Å². The van der Waals surface area contributed by atoms with E-state index in [0.717, 1.165) is 0 Å². The van der Waals surface area contributed by atoms with Crippen LogP contribution in [-0.4, -0.2) is 37.5 Å². The Hall–Kier alpha value is -2.55. The van der Waals surface area contributed by atoms with E-state index in [-0.39, 0.29) is 24.1 Å². The van der Waals surface area contributed by atoms with Crippen molar-refractivity contribution in [2.45, 2.75) is 18.9 Å². The molecule has 0 saturated heterocycles. The molecule has 0 aliphatic heterocycles. The van der Waals surface area contributed by atoms with Crippen LogP contribution in [-0.2, 0) is 9.53 Å². The van der Waals surface area contributed by atoms with Gasteiger partial charge in [0.05, 0.1) is 46.2 Å². The number of carboxylic acid groups (broad SMARTS) is 1. The summed E-state index contributed by atoms with van der Waals surface area (Å²) in [6.07, 6.45) is 0.996. The zero-order valence-corrected chi connectivity index (χ0v) is 19.4. The largest absolute Gasteiger partial charge is 0.496 e. The Labute approximate surface area is 197 Å². The van der Waals surface area contributed by atoms with E-state index in [2.05, 4.69) is 15.9 Å². The number of ether oxygens (including phenoxy) is 3. The van der Waals surface area contributed by atoms with Gasteiger partial charge in [-0.2, -0.15) is 0 Å². The fraction of sp³-hybridized carbons (Fsp3) is 0.304. The molecule has 1 aromatic heterocycles. The van der Waals surface area contributed by atoms with Crippen LogP contribution >= 0.6 is 27.5 Å². The molecular formula is C23H20BrClO7. The standard InChI is InChI=1S/C23H20BrClO7/c1-29-19-10-16(24)21(31-6-5-30-13-7-12(8-13)23(27)28)9-15(19)20-11-18(26)14-3-2-4-17(25)22(14)32-20/h2-4,9-13H,5-8H2,1H3,(H,27,28). The van der Waals surface area contributed by atoms with Gasteiger partial charge in [-0.15, -0.1) is 0 Å². The quantitative estimate of drug-likeness (QED) is 0.408. The predicted octanol–water partition coefficient (Wildman–Crippen LogP) is 5.14. The Kier molecular flexibility index (Phi) is 6.74. The van der Waals surface area contributed by atoms with Crippen molar-refractivity contribution in [1.82, 2.24) is 0 Å². The van der Waals surface area contributed by atoms with E-state index < -0.39 is 5.97 Å². The maximum absolute atomic E-state index is 12.6. The van der Waals surface area contributed by atoms with Gasteiger partial charge >= 0.3 is 5.97 Å². The zero-order chi connectivity index (χ0) is 22.8. The van der Waals surface area contributed by atoms with Crippen molar-refractivity contribution in [3.8, 4) is 22.8 Å². The average Bonchev–Trinajstić information content (AvgIpc) is 2.73. The monoisotopic (exact) mass is 522 g/mol. The maximum Gasteiger partial charge on any atom is 0.306 e. The first-order chi connectivity index (χ1) is 15.4. The molecule has 32 heavy (non-hydrogen) atoms. The van der Waals surface area contributed by atoms with Crippen LogP contribution in [0, 0.1) is 5.92 Å². The van der Waals surface area contributed by atoms with Gasteiger partial charge in [0, 0.05) is 6.07 Å². The minimum Gasteiger partial charge on any atom is -0.496 e. The lowest BCUT2D eigenvalue weighted by atomic mass is 9.82. The van der Waals surface area contributed by atoms with Gasteiger partial charge in [-0.05, 0) is 53.0 Å². The van der Waals surface area contributed by atoms with Crippen LogP contribution in [0.2, 0.25) is 5.02 Å². The summed E-state index contributed by atoms with van der Waals surface area (Å²) in [6, 6.07) is 9.85. The molecule has 0 bridgehead atoms. The van der Waals surface area contributed by atoms with Crippen molar-refractivity contribution in [3.63, 3.8) is 0 Å². The van der Waals surface area contributed by atoms with Crippen molar-refractivity contribution in [2.75, 3.05) is 20.3 Å². The minimum absolute atomic E-state index is 0.0498. The van der Waals surface area contributed by atoms with Crippen molar-refractivity contribution >= 4 is 44.5 Å². The van der Waals surface area contributed by atoms with Crippen LogP contribution in [0.15, 0.2) is 50.1 Å². The number of carboxylic acids is 1. The molecule has 9 heteroatoms. The van der Waals surface area contributed by atoms with Gasteiger partial charge in [0.1, 0.15) is 23.9 Å². The zero-order valence-electron chi connectivity index (χ0n) is 17.1. The van der Waals surface area contributed by atoms with Crippen LogP contribution in [0.25, 0.3) is 22.3 Å². The predicted molar refractivity (Wildman–Crippen MR) is 123 cm³/mol. The average molecular weight is 524 g/mol. The molecule has 1 aliphatic rings. The van der Waals surface area contributed by atoms with Crippen LogP contribution in [0.3, 0.4) is 0 Å². The number of fused-ring (bicyclic) bond motifs is 1. The topological polar surface area (TPSA) is 95.2 Å². The first kappa shape index (κ1) is 22.6. The molecular weight excluding hydrogens is 504 g/mol. The molecule has 1 heterocycles. The van der Waals surface area contributed by atoms with Gasteiger partial charge in [-0.25, -0.2) is 0 Å². The van der Waals surface area contributed by atoms with Gasteiger partial charge in [0.25, 0.3) is 0 Å². The molecule has 4 rings (SSSR count). The fourth-order valence-corrected chi connectivity index (χ4v) is 4.20. The Morgan fingerprint density at radius 3 is 2.72 bits per heavy atom. The second-order valence-corrected chi connectivity index (χ2v) is 8.68. The molecule has 0 amide bonds. The number of aliphatic carboxylic acids is 1. The number of hydrogen-bond acceptors (Lipinski definition) is 6. The molecule has 1 aliphatic carbocycles. The number of hydrogen-bond donors (Lipinski definition) is 1. The highest BCUT2D eigenvalue weighted by atomic mass is 79.9. The van der Waals surface area contributed by atoms with Crippen LogP contribution in [0.1, 0.15) is 12.8 Å². The summed E-state index contributed by atoms with van der Waals surface area (Å²) in [6.45, 7) is 0.595. The lowest BCUT2D eigenvalue weighted by Crippen LogP contribution is -2.37. The molecule has 1 fully saturated rings. The molecule has 7 nitrogen and oxygen atoms in total. The summed E-state index contributed by atoms with van der Waals surface area (Å²) in [4.78, 5) is 23.5. The third kappa shape index (κ3) is 4.62. The van der Waals surface area contributed by atoms with Crippen LogP contribution in [0.5, 0.6) is 11.5 Å². The van der Waals surface area contributed by atoms with Gasteiger partial charge < -0.3 is 23.7 Å². The van der Waals surface area contributed by atoms with E-state index in [1.807, 2.05) is 0 Å². The number of halogens is 2. The van der Waals surface area contributed by atoms with E-state index in [1.165, 1.54) is 13.2 Å². The fourth-order valence-electron chi connectivity index (χ4n) is 3.55. The van der Waals surface area contributed by atoms with E-state index in [0.29, 0.717) is 62.7 Å². The molecule has 0 atom stereocenters. The Bertz CT molecular complexity index is 1220. The molecule has 0 unspecified atom stereocenters. The van der Waals surface area contributed by atoms with Gasteiger partial charge in [-0.1, -0.05) is 17.7 Å². The third-order valence-electron chi connectivity index (χ3n) is 5.36. The lowest BCUT2D eigenvalue weighted by molar-refractivity contribution is -0.151. The minimum atomic E-state index is -0.780. The Morgan fingerprint density at radius 1 is 1.22 bits per heavy atom. The molecule has 168 valence electrons. The molecule has 1 saturated carbocycles. The maximum atomic E-state index is 12.6. The summed E-state index contributed by atoms with van der Waals surface area (Å²) in [5.74, 6) is 0.213. The summed E-state index contributed by atoms with van der Waals surface area (Å²) in [5.41, 5.74) is 0.622. The van der Waals surface area contributed by atoms with E-state index in [9.17, 15) is 9.59 Å². The van der Waals surface area contributed by atoms with Crippen LogP contribution < -0.4 is 14.9 Å². The Morgan fingerprint density at radius 2 is 2.00 bits per heavy atom. The normalized spacial score (nSPS) is 17.7. The van der Waals surface area contributed by atoms with Crippen molar-refractivity contribution in [1.29, 1.82) is 0 Å². The smallest absolute Gasteiger partial charge is 0.306 e. The van der Waals surface area contributed by atoms with Gasteiger partial charge in [0.2, 0.25) is 0 Å². The summed E-state index contributed by atoms with van der Waals surface area (Å²) in [7, 11) is 1.52. The van der Waals surface area contributed by atoms with Crippen molar-refractivity contribution in [2.24, 2.45) is 5.92 Å². The summed E-state index contributed by atoms with van der Waals surface area (Å²) in [5, 5.41) is 9.66. The number of carbonyl (C=O) groups is 1. The molecule has 1 N–H and O–H groups in total. The summed E-state index contributed by atoms with van der Waals surface area (Å²) < 4.78 is 23.6. The first-order valence-corrected chi connectivity index (χ1v) is 11.1. The number of para-hydroxylation sites is 1. The van der Waals surface area contributed by atoms with Gasteiger partial charge in [-0.3, -0.25) is 9.59 Å². The highest BCUT2D eigenvalue weighted by Gasteiger charge is 2.35. The summed E-state index contributed by atoms with van der Waals surface area (Å²) >= 11 is 9.69. The Balaban J connectivity index is 1.53. The van der Waals surface area contributed by atoms with Crippen molar-refractivity contribution in [3.05, 3.63) is 56.1 Å². The highest BCUT2D eigenvalue weighted by molar-refractivity contribution is 9.10. The third-order valence-corrected chi connectivity index (χ3v) is 6.28. The van der Waals surface area contributed by atoms with E-state index >= 15 is 0 Å². The number of benzene rings is 2. The molecule has 3 aromatic rings. The van der Waals surface area contributed by atoms with E-state index in [4.69, 9.17) is 35.3 Å². The molecule has 2 aromatic carbocycles. The highest BCUT2D eigenvalue weighted by Crippen LogP contribution is 2.39. The molecule has 0 radical (unpaired) electrons. The number of rotatable bonds is 8.